The number of aromatic nitrogens is 1. The molecule has 0 saturated carbocycles. The number of fused-ring (bicyclic) bond motifs is 1. The molecule has 2 rings (SSSR count). The van der Waals surface area contributed by atoms with E-state index in [0.29, 0.717) is 6.04 Å². The first-order valence-corrected chi connectivity index (χ1v) is 6.73. The average molecular weight is 297 g/mol. The molecular weight excluding hydrogens is 280 g/mol. The molecule has 0 bridgehead atoms. The van der Waals surface area contributed by atoms with Crippen LogP contribution in [0.1, 0.15) is 26.2 Å². The van der Waals surface area contributed by atoms with Crippen LogP contribution in [0.3, 0.4) is 0 Å². The smallest absolute Gasteiger partial charge is 0.195 e. The Hall–Kier alpha value is -0.870. The van der Waals surface area contributed by atoms with Gasteiger partial charge in [0.2, 0.25) is 0 Å². The van der Waals surface area contributed by atoms with Crippen LogP contribution in [0.5, 0.6) is 0 Å². The zero-order chi connectivity index (χ0) is 12.3. The third-order valence-corrected chi connectivity index (χ3v) is 3.16. The zero-order valence-corrected chi connectivity index (χ0v) is 11.8. The number of nitrogens with zero attached hydrogens (tertiary/aromatic N) is 1. The molecule has 0 fully saturated rings. The molecule has 0 amide bonds. The molecule has 0 atom stereocenters. The Morgan fingerprint density at radius 3 is 2.94 bits per heavy atom. The summed E-state index contributed by atoms with van der Waals surface area (Å²) in [7, 11) is 0. The summed E-state index contributed by atoms with van der Waals surface area (Å²) in [5.41, 5.74) is 1.77. The van der Waals surface area contributed by atoms with Gasteiger partial charge in [0.15, 0.2) is 11.5 Å². The molecule has 0 aliphatic carbocycles. The van der Waals surface area contributed by atoms with Gasteiger partial charge < -0.3 is 9.73 Å². The van der Waals surface area contributed by atoms with Crippen LogP contribution in [0.2, 0.25) is 0 Å². The fraction of sp³-hybridized carbons (Fsp3) is 0.462. The summed E-state index contributed by atoms with van der Waals surface area (Å²) >= 11 is 3.46. The number of benzene rings is 1. The number of rotatable bonds is 5. The highest BCUT2D eigenvalue weighted by Gasteiger charge is 2.07. The van der Waals surface area contributed by atoms with E-state index in [9.17, 15) is 0 Å². The second kappa shape index (κ2) is 5.65. The van der Waals surface area contributed by atoms with Crippen LogP contribution in [0.4, 0.5) is 0 Å². The molecule has 0 spiro atoms. The van der Waals surface area contributed by atoms with Crippen molar-refractivity contribution in [2.75, 3.05) is 6.54 Å². The molecule has 17 heavy (non-hydrogen) atoms. The van der Waals surface area contributed by atoms with Crippen molar-refractivity contribution in [1.82, 2.24) is 10.3 Å². The minimum atomic E-state index is 0.535. The predicted molar refractivity (Wildman–Crippen MR) is 73.2 cm³/mol. The summed E-state index contributed by atoms with van der Waals surface area (Å²) in [6.45, 7) is 5.30. The van der Waals surface area contributed by atoms with Crippen LogP contribution in [-0.2, 0) is 6.42 Å². The van der Waals surface area contributed by atoms with Crippen LogP contribution in [0.15, 0.2) is 27.1 Å². The molecule has 0 aliphatic rings. The Labute approximate surface area is 110 Å². The molecule has 2 aromatic rings. The lowest BCUT2D eigenvalue weighted by Gasteiger charge is -2.05. The quantitative estimate of drug-likeness (QED) is 0.858. The molecule has 0 radical (unpaired) electrons. The van der Waals surface area contributed by atoms with Crippen molar-refractivity contribution < 1.29 is 4.42 Å². The van der Waals surface area contributed by atoms with E-state index < -0.39 is 0 Å². The minimum absolute atomic E-state index is 0.535. The molecule has 3 nitrogen and oxygen atoms in total. The van der Waals surface area contributed by atoms with Gasteiger partial charge in [-0.25, -0.2) is 4.98 Å². The van der Waals surface area contributed by atoms with E-state index in [-0.39, 0.29) is 0 Å². The molecule has 4 heteroatoms. The summed E-state index contributed by atoms with van der Waals surface area (Å²) < 4.78 is 6.69. The van der Waals surface area contributed by atoms with Gasteiger partial charge in [0.1, 0.15) is 5.52 Å². The fourth-order valence-corrected chi connectivity index (χ4v) is 2.14. The maximum Gasteiger partial charge on any atom is 0.195 e. The zero-order valence-electron chi connectivity index (χ0n) is 10.2. The predicted octanol–water partition coefficient (Wildman–Crippen LogP) is 3.52. The number of hydrogen-bond acceptors (Lipinski definition) is 3. The average Bonchev–Trinajstić information content (AvgIpc) is 2.69. The Balaban J connectivity index is 1.98. The van der Waals surface area contributed by atoms with E-state index in [0.717, 1.165) is 40.8 Å². The monoisotopic (exact) mass is 296 g/mol. The van der Waals surface area contributed by atoms with Crippen molar-refractivity contribution in [3.05, 3.63) is 28.6 Å². The number of aryl methyl sites for hydroxylation is 1. The maximum atomic E-state index is 5.72. The topological polar surface area (TPSA) is 38.1 Å². The normalized spacial score (nSPS) is 11.5. The van der Waals surface area contributed by atoms with Gasteiger partial charge >= 0.3 is 0 Å². The second-order valence-corrected chi connectivity index (χ2v) is 5.26. The van der Waals surface area contributed by atoms with Gasteiger partial charge in [-0.05, 0) is 41.0 Å². The molecule has 92 valence electrons. The molecule has 0 aliphatic heterocycles. The Morgan fingerprint density at radius 2 is 2.24 bits per heavy atom. The number of nitrogens with one attached hydrogen (secondary N) is 1. The minimum Gasteiger partial charge on any atom is -0.440 e. The Kier molecular flexibility index (Phi) is 4.18. The van der Waals surface area contributed by atoms with Gasteiger partial charge in [0, 0.05) is 12.5 Å². The van der Waals surface area contributed by atoms with Crippen molar-refractivity contribution in [3.8, 4) is 0 Å². The highest BCUT2D eigenvalue weighted by atomic mass is 79.9. The molecule has 0 unspecified atom stereocenters. The van der Waals surface area contributed by atoms with Crippen molar-refractivity contribution in [2.45, 2.75) is 32.7 Å². The van der Waals surface area contributed by atoms with Gasteiger partial charge in [-0.3, -0.25) is 0 Å². The van der Waals surface area contributed by atoms with Gasteiger partial charge in [0.05, 0.1) is 4.47 Å². The maximum absolute atomic E-state index is 5.72. The lowest BCUT2D eigenvalue weighted by molar-refractivity contribution is 0.499. The summed E-state index contributed by atoms with van der Waals surface area (Å²) in [5, 5.41) is 3.38. The number of halogens is 1. The van der Waals surface area contributed by atoms with Crippen LogP contribution < -0.4 is 5.32 Å². The molecule has 1 aromatic heterocycles. The number of para-hydroxylation sites is 1. The van der Waals surface area contributed by atoms with E-state index in [2.05, 4.69) is 40.1 Å². The van der Waals surface area contributed by atoms with Crippen molar-refractivity contribution >= 4 is 27.0 Å². The van der Waals surface area contributed by atoms with Gasteiger partial charge in [-0.2, -0.15) is 0 Å². The first-order valence-electron chi connectivity index (χ1n) is 5.94. The summed E-state index contributed by atoms with van der Waals surface area (Å²) in [5.74, 6) is 0.817. The fourth-order valence-electron chi connectivity index (χ4n) is 1.70. The molecule has 1 heterocycles. The van der Waals surface area contributed by atoms with Crippen LogP contribution >= 0.6 is 15.9 Å². The summed E-state index contributed by atoms with van der Waals surface area (Å²) in [4.78, 5) is 4.47. The van der Waals surface area contributed by atoms with Crippen molar-refractivity contribution in [3.63, 3.8) is 0 Å². The first-order chi connectivity index (χ1) is 8.16. The Bertz CT molecular complexity index is 493. The van der Waals surface area contributed by atoms with E-state index in [1.165, 1.54) is 0 Å². The highest BCUT2D eigenvalue weighted by Crippen LogP contribution is 2.24. The first kappa shape index (κ1) is 12.6. The third kappa shape index (κ3) is 3.30. The number of hydrogen-bond donors (Lipinski definition) is 1. The Morgan fingerprint density at radius 1 is 1.41 bits per heavy atom. The van der Waals surface area contributed by atoms with E-state index >= 15 is 0 Å². The van der Waals surface area contributed by atoms with Crippen molar-refractivity contribution in [1.29, 1.82) is 0 Å². The standard InChI is InChI=1S/C13H17BrN2O/c1-9(2)15-8-4-7-12-16-11-6-3-5-10(14)13(11)17-12/h3,5-6,9,15H,4,7-8H2,1-2H3. The lowest BCUT2D eigenvalue weighted by Crippen LogP contribution is -2.23. The third-order valence-electron chi connectivity index (χ3n) is 2.53. The van der Waals surface area contributed by atoms with Crippen LogP contribution in [0, 0.1) is 0 Å². The molecule has 0 saturated heterocycles. The molecular formula is C13H17BrN2O. The lowest BCUT2D eigenvalue weighted by atomic mass is 10.3. The number of oxazole rings is 1. The van der Waals surface area contributed by atoms with E-state index in [4.69, 9.17) is 4.42 Å². The molecule has 1 N–H and O–H groups in total. The van der Waals surface area contributed by atoms with E-state index in [1.54, 1.807) is 0 Å². The van der Waals surface area contributed by atoms with Crippen LogP contribution in [-0.4, -0.2) is 17.6 Å². The van der Waals surface area contributed by atoms with Crippen molar-refractivity contribution in [2.24, 2.45) is 0 Å². The van der Waals surface area contributed by atoms with Gasteiger partial charge in [-0.1, -0.05) is 19.9 Å². The molecule has 1 aromatic carbocycles. The SMILES string of the molecule is CC(C)NCCCc1nc2cccc(Br)c2o1. The van der Waals surface area contributed by atoms with Gasteiger partial charge in [0.25, 0.3) is 0 Å². The van der Waals surface area contributed by atoms with E-state index in [1.807, 2.05) is 18.2 Å². The largest absolute Gasteiger partial charge is 0.440 e. The second-order valence-electron chi connectivity index (χ2n) is 4.41. The highest BCUT2D eigenvalue weighted by molar-refractivity contribution is 9.10. The van der Waals surface area contributed by atoms with Crippen LogP contribution in [0.25, 0.3) is 11.1 Å². The van der Waals surface area contributed by atoms with Gasteiger partial charge in [-0.15, -0.1) is 0 Å². The summed E-state index contributed by atoms with van der Waals surface area (Å²) in [6, 6.07) is 6.45. The summed E-state index contributed by atoms with van der Waals surface area (Å²) in [6.07, 6.45) is 1.92.